The monoisotopic (exact) mass is 194 g/mol. The molecule has 2 heterocycles. The van der Waals surface area contributed by atoms with Crippen molar-refractivity contribution in [2.45, 2.75) is 52.2 Å². The summed E-state index contributed by atoms with van der Waals surface area (Å²) in [6.45, 7) is 4.84. The molecule has 1 aliphatic heterocycles. The third-order valence-corrected chi connectivity index (χ3v) is 2.98. The van der Waals surface area contributed by atoms with Crippen LogP contribution < -0.4 is 0 Å². The molecule has 0 saturated heterocycles. The molecule has 0 aliphatic carbocycles. The van der Waals surface area contributed by atoms with Gasteiger partial charge >= 0.3 is 0 Å². The van der Waals surface area contributed by atoms with Gasteiger partial charge in [0.05, 0.1) is 11.8 Å². The predicted molar refractivity (Wildman–Crippen MR) is 55.2 cm³/mol. The maximum absolute atomic E-state index is 9.69. The molecule has 1 atom stereocenters. The van der Waals surface area contributed by atoms with E-state index in [4.69, 9.17) is 0 Å². The minimum atomic E-state index is -0.378. The van der Waals surface area contributed by atoms with Crippen molar-refractivity contribution in [2.75, 3.05) is 0 Å². The summed E-state index contributed by atoms with van der Waals surface area (Å²) in [5.74, 6) is 0. The number of nitrogens with zero attached hydrogens (tertiary/aromatic N) is 2. The normalized spacial score (nSPS) is 18.8. The van der Waals surface area contributed by atoms with Crippen LogP contribution in [0.5, 0.6) is 0 Å². The highest BCUT2D eigenvalue weighted by Gasteiger charge is 2.19. The topological polar surface area (TPSA) is 38.0 Å². The molecular formula is C11H18N2O. The third kappa shape index (κ3) is 1.57. The van der Waals surface area contributed by atoms with E-state index in [0.717, 1.165) is 24.2 Å². The Hall–Kier alpha value is -0.830. The number of rotatable bonds is 1. The van der Waals surface area contributed by atoms with Crippen molar-refractivity contribution >= 4 is 0 Å². The summed E-state index contributed by atoms with van der Waals surface area (Å²) in [5, 5.41) is 14.2. The summed E-state index contributed by atoms with van der Waals surface area (Å²) in [4.78, 5) is 0. The number of hydrogen-bond acceptors (Lipinski definition) is 2. The van der Waals surface area contributed by atoms with Gasteiger partial charge in [-0.2, -0.15) is 5.10 Å². The van der Waals surface area contributed by atoms with Crippen molar-refractivity contribution in [3.63, 3.8) is 0 Å². The Morgan fingerprint density at radius 1 is 1.36 bits per heavy atom. The molecule has 0 radical (unpaired) electrons. The molecule has 0 bridgehead atoms. The second kappa shape index (κ2) is 3.73. The van der Waals surface area contributed by atoms with Crippen LogP contribution in [0.15, 0.2) is 0 Å². The molecule has 1 aliphatic rings. The molecule has 1 aromatic heterocycles. The van der Waals surface area contributed by atoms with E-state index in [1.165, 1.54) is 25.0 Å². The number of aromatic nitrogens is 2. The fourth-order valence-electron chi connectivity index (χ4n) is 2.37. The molecule has 3 heteroatoms. The summed E-state index contributed by atoms with van der Waals surface area (Å²) in [7, 11) is 0. The Morgan fingerprint density at radius 3 is 2.86 bits per heavy atom. The lowest BCUT2D eigenvalue weighted by molar-refractivity contribution is 0.197. The number of aliphatic hydroxyl groups excluding tert-OH is 1. The van der Waals surface area contributed by atoms with Gasteiger partial charge in [-0.25, -0.2) is 0 Å². The van der Waals surface area contributed by atoms with E-state index in [-0.39, 0.29) is 6.10 Å². The van der Waals surface area contributed by atoms with Gasteiger partial charge in [-0.15, -0.1) is 0 Å². The van der Waals surface area contributed by atoms with Gasteiger partial charge in [-0.05, 0) is 33.1 Å². The number of aryl methyl sites for hydroxylation is 2. The minimum Gasteiger partial charge on any atom is -0.389 e. The highest BCUT2D eigenvalue weighted by Crippen LogP contribution is 2.25. The summed E-state index contributed by atoms with van der Waals surface area (Å²) in [6.07, 6.45) is 4.41. The highest BCUT2D eigenvalue weighted by atomic mass is 16.3. The Labute approximate surface area is 84.7 Å². The van der Waals surface area contributed by atoms with E-state index in [1.807, 2.05) is 13.8 Å². The molecule has 1 aromatic rings. The van der Waals surface area contributed by atoms with Gasteiger partial charge in [0, 0.05) is 17.8 Å². The standard InChI is InChI=1S/C11H18N2O/c1-8-11(9(2)14)10-6-4-3-5-7-13(10)12-8/h9,14H,3-7H2,1-2H3/t9-/m1/s1. The minimum absolute atomic E-state index is 0.378. The zero-order valence-corrected chi connectivity index (χ0v) is 8.95. The van der Waals surface area contributed by atoms with Gasteiger partial charge in [0.2, 0.25) is 0 Å². The largest absolute Gasteiger partial charge is 0.389 e. The molecule has 1 N–H and O–H groups in total. The maximum Gasteiger partial charge on any atom is 0.0797 e. The van der Waals surface area contributed by atoms with Crippen LogP contribution in [0.2, 0.25) is 0 Å². The second-order valence-electron chi connectivity index (χ2n) is 4.16. The van der Waals surface area contributed by atoms with E-state index in [1.54, 1.807) is 0 Å². The van der Waals surface area contributed by atoms with Gasteiger partial charge < -0.3 is 5.11 Å². The van der Waals surface area contributed by atoms with Crippen LogP contribution in [0.25, 0.3) is 0 Å². The van der Waals surface area contributed by atoms with Gasteiger partial charge in [-0.1, -0.05) is 6.42 Å². The lowest BCUT2D eigenvalue weighted by Gasteiger charge is -2.07. The van der Waals surface area contributed by atoms with Gasteiger partial charge in [0.1, 0.15) is 0 Å². The first-order chi connectivity index (χ1) is 6.70. The molecule has 0 fully saturated rings. The Morgan fingerprint density at radius 2 is 2.14 bits per heavy atom. The molecule has 0 saturated carbocycles. The quantitative estimate of drug-likeness (QED) is 0.742. The van der Waals surface area contributed by atoms with Crippen LogP contribution in [-0.4, -0.2) is 14.9 Å². The maximum atomic E-state index is 9.69. The molecule has 0 amide bonds. The average Bonchev–Trinajstić information content (AvgIpc) is 2.31. The second-order valence-corrected chi connectivity index (χ2v) is 4.16. The summed E-state index contributed by atoms with van der Waals surface area (Å²) < 4.78 is 2.09. The van der Waals surface area contributed by atoms with Crippen LogP contribution in [0.1, 0.15) is 49.2 Å². The van der Waals surface area contributed by atoms with Crippen molar-refractivity contribution in [1.82, 2.24) is 9.78 Å². The van der Waals surface area contributed by atoms with Crippen molar-refractivity contribution in [1.29, 1.82) is 0 Å². The predicted octanol–water partition coefficient (Wildman–Crippen LogP) is 1.97. The van der Waals surface area contributed by atoms with Crippen molar-refractivity contribution in [2.24, 2.45) is 0 Å². The molecule has 14 heavy (non-hydrogen) atoms. The molecular weight excluding hydrogens is 176 g/mol. The molecule has 0 spiro atoms. The van der Waals surface area contributed by atoms with Crippen molar-refractivity contribution in [3.05, 3.63) is 17.0 Å². The van der Waals surface area contributed by atoms with Gasteiger partial charge in [0.25, 0.3) is 0 Å². The van der Waals surface area contributed by atoms with Crippen molar-refractivity contribution < 1.29 is 5.11 Å². The van der Waals surface area contributed by atoms with Crippen LogP contribution >= 0.6 is 0 Å². The SMILES string of the molecule is Cc1nn2c(c1[C@@H](C)O)CCCCC2. The first kappa shape index (κ1) is 9.71. The number of fused-ring (bicyclic) bond motifs is 1. The first-order valence-corrected chi connectivity index (χ1v) is 5.44. The Balaban J connectivity index is 2.44. The third-order valence-electron chi connectivity index (χ3n) is 2.98. The molecule has 0 unspecified atom stereocenters. The smallest absolute Gasteiger partial charge is 0.0797 e. The number of hydrogen-bond donors (Lipinski definition) is 1. The molecule has 2 rings (SSSR count). The van der Waals surface area contributed by atoms with Gasteiger partial charge in [-0.3, -0.25) is 4.68 Å². The Bertz CT molecular complexity index is 328. The van der Waals surface area contributed by atoms with Crippen LogP contribution in [0.4, 0.5) is 0 Å². The van der Waals surface area contributed by atoms with E-state index >= 15 is 0 Å². The van der Waals surface area contributed by atoms with E-state index in [2.05, 4.69) is 9.78 Å². The van der Waals surface area contributed by atoms with E-state index in [9.17, 15) is 5.11 Å². The zero-order chi connectivity index (χ0) is 10.1. The van der Waals surface area contributed by atoms with Gasteiger partial charge in [0.15, 0.2) is 0 Å². The fraction of sp³-hybridized carbons (Fsp3) is 0.727. The lowest BCUT2D eigenvalue weighted by atomic mass is 10.0. The first-order valence-electron chi connectivity index (χ1n) is 5.44. The van der Waals surface area contributed by atoms with Crippen molar-refractivity contribution in [3.8, 4) is 0 Å². The van der Waals surface area contributed by atoms with Crippen LogP contribution in [0.3, 0.4) is 0 Å². The molecule has 78 valence electrons. The average molecular weight is 194 g/mol. The van der Waals surface area contributed by atoms with E-state index in [0.29, 0.717) is 0 Å². The van der Waals surface area contributed by atoms with Crippen LogP contribution in [-0.2, 0) is 13.0 Å². The molecule has 3 nitrogen and oxygen atoms in total. The highest BCUT2D eigenvalue weighted by molar-refractivity contribution is 5.28. The molecule has 0 aromatic carbocycles. The fourth-order valence-corrected chi connectivity index (χ4v) is 2.37. The summed E-state index contributed by atoms with van der Waals surface area (Å²) >= 11 is 0. The van der Waals surface area contributed by atoms with Crippen LogP contribution in [0, 0.1) is 6.92 Å². The summed E-state index contributed by atoms with van der Waals surface area (Å²) in [6, 6.07) is 0. The summed E-state index contributed by atoms with van der Waals surface area (Å²) in [5.41, 5.74) is 3.32. The number of aliphatic hydroxyl groups is 1. The van der Waals surface area contributed by atoms with E-state index < -0.39 is 0 Å². The Kier molecular flexibility index (Phi) is 2.59. The zero-order valence-electron chi connectivity index (χ0n) is 8.95. The lowest BCUT2D eigenvalue weighted by Crippen LogP contribution is -2.04.